The Morgan fingerprint density at radius 2 is 2.21 bits per heavy atom. The van der Waals surface area contributed by atoms with Crippen molar-refractivity contribution < 1.29 is 9.53 Å². The van der Waals surface area contributed by atoms with E-state index in [1.54, 1.807) is 18.7 Å². The highest BCUT2D eigenvalue weighted by atomic mass is 127. The average molecular weight is 322 g/mol. The van der Waals surface area contributed by atoms with Crippen molar-refractivity contribution in [2.75, 3.05) is 12.9 Å². The van der Waals surface area contributed by atoms with Gasteiger partial charge in [0.15, 0.2) is 0 Å². The Balaban J connectivity index is 2.96. The standard InChI is InChI=1S/C10H11IO2S/c1-3-13-10(12)7-4-8(11)6-9(5-7)14-2/h4-6H,3H2,1-2H3. The molecule has 0 fully saturated rings. The first kappa shape index (κ1) is 11.8. The lowest BCUT2D eigenvalue weighted by Crippen LogP contribution is -2.04. The molecule has 0 aliphatic carbocycles. The fraction of sp³-hybridized carbons (Fsp3) is 0.300. The van der Waals surface area contributed by atoms with Gasteiger partial charge in [0.1, 0.15) is 0 Å². The third-order valence-corrected chi connectivity index (χ3v) is 2.95. The van der Waals surface area contributed by atoms with Gasteiger partial charge in [0.05, 0.1) is 12.2 Å². The van der Waals surface area contributed by atoms with Gasteiger partial charge in [0, 0.05) is 8.47 Å². The van der Waals surface area contributed by atoms with Gasteiger partial charge < -0.3 is 4.74 Å². The number of carbonyl (C=O) groups excluding carboxylic acids is 1. The molecular weight excluding hydrogens is 311 g/mol. The Kier molecular flexibility index (Phi) is 4.74. The Morgan fingerprint density at radius 3 is 2.79 bits per heavy atom. The van der Waals surface area contributed by atoms with Crippen molar-refractivity contribution in [3.8, 4) is 0 Å². The summed E-state index contributed by atoms with van der Waals surface area (Å²) >= 11 is 3.82. The van der Waals surface area contributed by atoms with E-state index in [1.807, 2.05) is 24.5 Å². The first-order valence-electron chi connectivity index (χ1n) is 4.19. The van der Waals surface area contributed by atoms with Gasteiger partial charge in [-0.15, -0.1) is 11.8 Å². The van der Waals surface area contributed by atoms with Crippen molar-refractivity contribution >= 4 is 40.3 Å². The van der Waals surface area contributed by atoms with Crippen LogP contribution in [0.3, 0.4) is 0 Å². The molecule has 0 radical (unpaired) electrons. The second-order valence-electron chi connectivity index (χ2n) is 2.60. The number of ether oxygens (including phenoxy) is 1. The maximum absolute atomic E-state index is 11.4. The molecule has 0 amide bonds. The molecule has 0 atom stereocenters. The number of halogens is 1. The highest BCUT2D eigenvalue weighted by Crippen LogP contribution is 2.20. The van der Waals surface area contributed by atoms with Crippen LogP contribution in [0.4, 0.5) is 0 Å². The first-order chi connectivity index (χ1) is 6.67. The van der Waals surface area contributed by atoms with Crippen molar-refractivity contribution in [3.05, 3.63) is 27.3 Å². The number of hydrogen-bond acceptors (Lipinski definition) is 3. The van der Waals surface area contributed by atoms with Crippen molar-refractivity contribution in [1.82, 2.24) is 0 Å². The van der Waals surface area contributed by atoms with Gasteiger partial charge >= 0.3 is 5.97 Å². The van der Waals surface area contributed by atoms with Gasteiger partial charge in [0.2, 0.25) is 0 Å². The van der Waals surface area contributed by atoms with Crippen molar-refractivity contribution in [3.63, 3.8) is 0 Å². The molecule has 0 N–H and O–H groups in total. The molecule has 0 unspecified atom stereocenters. The normalized spacial score (nSPS) is 9.93. The van der Waals surface area contributed by atoms with Gasteiger partial charge in [0.25, 0.3) is 0 Å². The minimum Gasteiger partial charge on any atom is -0.462 e. The molecule has 1 aromatic rings. The molecule has 2 nitrogen and oxygen atoms in total. The fourth-order valence-corrected chi connectivity index (χ4v) is 2.38. The zero-order valence-corrected chi connectivity index (χ0v) is 11.0. The summed E-state index contributed by atoms with van der Waals surface area (Å²) in [5, 5.41) is 0. The highest BCUT2D eigenvalue weighted by molar-refractivity contribution is 14.1. The molecule has 0 heterocycles. The number of rotatable bonds is 3. The molecular formula is C10H11IO2S. The minimum atomic E-state index is -0.249. The summed E-state index contributed by atoms with van der Waals surface area (Å²) in [4.78, 5) is 12.5. The van der Waals surface area contributed by atoms with E-state index in [9.17, 15) is 4.79 Å². The summed E-state index contributed by atoms with van der Waals surface area (Å²) in [5.41, 5.74) is 0.628. The highest BCUT2D eigenvalue weighted by Gasteiger charge is 2.08. The summed E-state index contributed by atoms with van der Waals surface area (Å²) in [7, 11) is 0. The van der Waals surface area contributed by atoms with E-state index in [1.165, 1.54) is 0 Å². The Labute approximate surface area is 102 Å². The quantitative estimate of drug-likeness (QED) is 0.486. The number of esters is 1. The van der Waals surface area contributed by atoms with Gasteiger partial charge in [-0.3, -0.25) is 0 Å². The predicted molar refractivity (Wildman–Crippen MR) is 66.9 cm³/mol. The van der Waals surface area contributed by atoms with Gasteiger partial charge in [-0.25, -0.2) is 4.79 Å². The van der Waals surface area contributed by atoms with E-state index in [4.69, 9.17) is 4.74 Å². The average Bonchev–Trinajstić information content (AvgIpc) is 2.17. The summed E-state index contributed by atoms with van der Waals surface area (Å²) in [6.07, 6.45) is 1.99. The topological polar surface area (TPSA) is 26.3 Å². The molecule has 1 aromatic carbocycles. The fourth-order valence-electron chi connectivity index (χ4n) is 1.01. The van der Waals surface area contributed by atoms with Crippen LogP contribution in [-0.4, -0.2) is 18.8 Å². The molecule has 0 saturated carbocycles. The third kappa shape index (κ3) is 3.16. The lowest BCUT2D eigenvalue weighted by molar-refractivity contribution is 0.0526. The molecule has 0 bridgehead atoms. The lowest BCUT2D eigenvalue weighted by Gasteiger charge is -2.04. The Morgan fingerprint density at radius 1 is 1.50 bits per heavy atom. The van der Waals surface area contributed by atoms with Crippen LogP contribution in [0, 0.1) is 3.57 Å². The van der Waals surface area contributed by atoms with Crippen molar-refractivity contribution in [1.29, 1.82) is 0 Å². The molecule has 0 aromatic heterocycles. The van der Waals surface area contributed by atoms with E-state index in [0.717, 1.165) is 8.47 Å². The summed E-state index contributed by atoms with van der Waals surface area (Å²) in [6, 6.07) is 5.72. The van der Waals surface area contributed by atoms with E-state index in [0.29, 0.717) is 12.2 Å². The third-order valence-electron chi connectivity index (χ3n) is 1.62. The zero-order chi connectivity index (χ0) is 10.6. The van der Waals surface area contributed by atoms with Crippen LogP contribution in [0.2, 0.25) is 0 Å². The summed E-state index contributed by atoms with van der Waals surface area (Å²) in [6.45, 7) is 2.22. The van der Waals surface area contributed by atoms with Crippen LogP contribution in [0.25, 0.3) is 0 Å². The van der Waals surface area contributed by atoms with Crippen LogP contribution in [0.5, 0.6) is 0 Å². The Bertz CT molecular complexity index is 339. The minimum absolute atomic E-state index is 0.249. The van der Waals surface area contributed by atoms with Crippen molar-refractivity contribution in [2.45, 2.75) is 11.8 Å². The molecule has 1 rings (SSSR count). The lowest BCUT2D eigenvalue weighted by atomic mass is 10.2. The monoisotopic (exact) mass is 322 g/mol. The van der Waals surface area contributed by atoms with E-state index in [2.05, 4.69) is 22.6 Å². The van der Waals surface area contributed by atoms with E-state index >= 15 is 0 Å². The molecule has 0 spiro atoms. The van der Waals surface area contributed by atoms with E-state index in [-0.39, 0.29) is 5.97 Å². The van der Waals surface area contributed by atoms with Crippen molar-refractivity contribution in [2.24, 2.45) is 0 Å². The molecule has 0 aliphatic rings. The largest absolute Gasteiger partial charge is 0.462 e. The van der Waals surface area contributed by atoms with Gasteiger partial charge in [-0.1, -0.05) is 0 Å². The van der Waals surface area contributed by atoms with E-state index < -0.39 is 0 Å². The number of carbonyl (C=O) groups is 1. The number of thioether (sulfide) groups is 1. The van der Waals surface area contributed by atoms with Crippen LogP contribution in [-0.2, 0) is 4.74 Å². The second kappa shape index (κ2) is 5.60. The first-order valence-corrected chi connectivity index (χ1v) is 6.49. The summed E-state index contributed by atoms with van der Waals surface area (Å²) in [5.74, 6) is -0.249. The maximum Gasteiger partial charge on any atom is 0.338 e. The Hall–Kier alpha value is -0.230. The summed E-state index contributed by atoms with van der Waals surface area (Å²) < 4.78 is 5.98. The molecule has 0 saturated heterocycles. The second-order valence-corrected chi connectivity index (χ2v) is 4.73. The molecule has 4 heteroatoms. The van der Waals surface area contributed by atoms with Crippen LogP contribution in [0.1, 0.15) is 17.3 Å². The maximum atomic E-state index is 11.4. The van der Waals surface area contributed by atoms with Crippen LogP contribution >= 0.6 is 34.4 Å². The molecule has 0 aliphatic heterocycles. The molecule has 76 valence electrons. The smallest absolute Gasteiger partial charge is 0.338 e. The number of hydrogen-bond donors (Lipinski definition) is 0. The zero-order valence-electron chi connectivity index (χ0n) is 8.04. The van der Waals surface area contributed by atoms with Crippen LogP contribution < -0.4 is 0 Å². The SMILES string of the molecule is CCOC(=O)c1cc(I)cc(SC)c1. The van der Waals surface area contributed by atoms with Gasteiger partial charge in [-0.2, -0.15) is 0 Å². The predicted octanol–water partition coefficient (Wildman–Crippen LogP) is 3.19. The molecule has 14 heavy (non-hydrogen) atoms. The van der Waals surface area contributed by atoms with Crippen LogP contribution in [0.15, 0.2) is 23.1 Å². The number of benzene rings is 1. The van der Waals surface area contributed by atoms with Gasteiger partial charge in [-0.05, 0) is 54.0 Å².